The summed E-state index contributed by atoms with van der Waals surface area (Å²) in [5.41, 5.74) is 8.28. The van der Waals surface area contributed by atoms with Gasteiger partial charge in [-0.3, -0.25) is 0 Å². The van der Waals surface area contributed by atoms with E-state index in [1.807, 2.05) is 12.1 Å². The molecule has 2 rings (SSSR count). The molecule has 5 nitrogen and oxygen atoms in total. The van der Waals surface area contributed by atoms with Crippen LogP contribution in [-0.2, 0) is 11.3 Å². The van der Waals surface area contributed by atoms with Crippen molar-refractivity contribution in [1.29, 1.82) is 0 Å². The monoisotopic (exact) mass is 246 g/mol. The summed E-state index contributed by atoms with van der Waals surface area (Å²) in [5.74, 6) is -0.445. The smallest absolute Gasteiger partial charge is 0.340 e. The molecule has 0 aliphatic heterocycles. The third kappa shape index (κ3) is 2.63. The van der Waals surface area contributed by atoms with E-state index in [4.69, 9.17) is 10.2 Å². The van der Waals surface area contributed by atoms with Crippen LogP contribution < -0.4 is 11.1 Å². The number of nitrogen functional groups attached to an aromatic ring is 1. The van der Waals surface area contributed by atoms with Gasteiger partial charge in [-0.05, 0) is 24.3 Å². The summed E-state index contributed by atoms with van der Waals surface area (Å²) >= 11 is 0. The molecule has 0 amide bonds. The average Bonchev–Trinajstić information content (AvgIpc) is 2.90. The van der Waals surface area contributed by atoms with Crippen LogP contribution in [0.3, 0.4) is 0 Å². The fourth-order valence-electron chi connectivity index (χ4n) is 1.55. The Balaban J connectivity index is 2.12. The molecular weight excluding hydrogens is 232 g/mol. The van der Waals surface area contributed by atoms with Gasteiger partial charge < -0.3 is 20.2 Å². The summed E-state index contributed by atoms with van der Waals surface area (Å²) in [6, 6.07) is 7.01. The SMILES string of the molecule is COC(=O)c1cc(NCc2ccoc2)ccc1N. The molecule has 18 heavy (non-hydrogen) atoms. The van der Waals surface area contributed by atoms with Crippen LogP contribution in [0.2, 0.25) is 0 Å². The van der Waals surface area contributed by atoms with Crippen LogP contribution in [0, 0.1) is 0 Å². The Morgan fingerprint density at radius 3 is 2.94 bits per heavy atom. The van der Waals surface area contributed by atoms with Crippen molar-refractivity contribution in [2.75, 3.05) is 18.2 Å². The van der Waals surface area contributed by atoms with Crippen LogP contribution in [-0.4, -0.2) is 13.1 Å². The van der Waals surface area contributed by atoms with Crippen molar-refractivity contribution in [1.82, 2.24) is 0 Å². The van der Waals surface area contributed by atoms with E-state index in [0.29, 0.717) is 17.8 Å². The van der Waals surface area contributed by atoms with Gasteiger partial charge in [-0.15, -0.1) is 0 Å². The number of benzene rings is 1. The Kier molecular flexibility index (Phi) is 3.52. The van der Waals surface area contributed by atoms with Crippen molar-refractivity contribution in [3.63, 3.8) is 0 Å². The number of carbonyl (C=O) groups excluding carboxylic acids is 1. The topological polar surface area (TPSA) is 77.5 Å². The minimum atomic E-state index is -0.445. The highest BCUT2D eigenvalue weighted by atomic mass is 16.5. The number of anilines is 2. The van der Waals surface area contributed by atoms with E-state index in [1.165, 1.54) is 7.11 Å². The Morgan fingerprint density at radius 1 is 1.44 bits per heavy atom. The molecule has 0 radical (unpaired) electrons. The fourth-order valence-corrected chi connectivity index (χ4v) is 1.55. The lowest BCUT2D eigenvalue weighted by molar-refractivity contribution is 0.0602. The van der Waals surface area contributed by atoms with Gasteiger partial charge in [-0.2, -0.15) is 0 Å². The molecule has 0 atom stereocenters. The molecule has 0 aliphatic carbocycles. The van der Waals surface area contributed by atoms with Crippen LogP contribution in [0.25, 0.3) is 0 Å². The molecule has 0 aliphatic rings. The van der Waals surface area contributed by atoms with Gasteiger partial charge in [0, 0.05) is 23.5 Å². The predicted octanol–water partition coefficient (Wildman–Crippen LogP) is 2.26. The summed E-state index contributed by atoms with van der Waals surface area (Å²) in [7, 11) is 1.33. The Morgan fingerprint density at radius 2 is 2.28 bits per heavy atom. The van der Waals surface area contributed by atoms with Crippen LogP contribution >= 0.6 is 0 Å². The maximum absolute atomic E-state index is 11.5. The van der Waals surface area contributed by atoms with E-state index in [0.717, 1.165) is 11.3 Å². The van der Waals surface area contributed by atoms with Crippen molar-refractivity contribution >= 4 is 17.3 Å². The lowest BCUT2D eigenvalue weighted by Crippen LogP contribution is -2.07. The fraction of sp³-hybridized carbons (Fsp3) is 0.154. The predicted molar refractivity (Wildman–Crippen MR) is 68.2 cm³/mol. The number of nitrogens with one attached hydrogen (secondary N) is 1. The average molecular weight is 246 g/mol. The maximum Gasteiger partial charge on any atom is 0.340 e. The number of carbonyl (C=O) groups is 1. The first-order valence-corrected chi connectivity index (χ1v) is 5.43. The molecule has 2 aromatic rings. The van der Waals surface area contributed by atoms with Crippen molar-refractivity contribution in [3.8, 4) is 0 Å². The molecule has 0 fully saturated rings. The molecule has 5 heteroatoms. The van der Waals surface area contributed by atoms with Crippen LogP contribution in [0.1, 0.15) is 15.9 Å². The van der Waals surface area contributed by atoms with Crippen molar-refractivity contribution in [2.24, 2.45) is 0 Å². The summed E-state index contributed by atoms with van der Waals surface area (Å²) in [6.45, 7) is 0.612. The number of rotatable bonds is 4. The van der Waals surface area contributed by atoms with Crippen molar-refractivity contribution < 1.29 is 13.9 Å². The lowest BCUT2D eigenvalue weighted by atomic mass is 10.1. The van der Waals surface area contributed by atoms with Gasteiger partial charge in [-0.25, -0.2) is 4.79 Å². The van der Waals surface area contributed by atoms with E-state index in [9.17, 15) is 4.79 Å². The summed E-state index contributed by atoms with van der Waals surface area (Å²) < 4.78 is 9.63. The van der Waals surface area contributed by atoms with Crippen LogP contribution in [0.4, 0.5) is 11.4 Å². The van der Waals surface area contributed by atoms with Crippen molar-refractivity contribution in [2.45, 2.75) is 6.54 Å². The molecule has 0 unspecified atom stereocenters. The van der Waals surface area contributed by atoms with E-state index >= 15 is 0 Å². The third-order valence-electron chi connectivity index (χ3n) is 2.54. The second-order valence-corrected chi connectivity index (χ2v) is 3.78. The highest BCUT2D eigenvalue weighted by Crippen LogP contribution is 2.19. The number of furan rings is 1. The minimum Gasteiger partial charge on any atom is -0.472 e. The highest BCUT2D eigenvalue weighted by molar-refractivity contribution is 5.96. The second-order valence-electron chi connectivity index (χ2n) is 3.78. The summed E-state index contributed by atoms with van der Waals surface area (Å²) in [5, 5.41) is 3.17. The largest absolute Gasteiger partial charge is 0.472 e. The molecule has 0 saturated carbocycles. The molecule has 0 bridgehead atoms. The summed E-state index contributed by atoms with van der Waals surface area (Å²) in [6.07, 6.45) is 3.27. The summed E-state index contributed by atoms with van der Waals surface area (Å²) in [4.78, 5) is 11.5. The van der Waals surface area contributed by atoms with Gasteiger partial charge >= 0.3 is 5.97 Å². The van der Waals surface area contributed by atoms with Gasteiger partial charge in [0.25, 0.3) is 0 Å². The highest BCUT2D eigenvalue weighted by Gasteiger charge is 2.10. The zero-order valence-electron chi connectivity index (χ0n) is 9.97. The lowest BCUT2D eigenvalue weighted by Gasteiger charge is -2.08. The zero-order valence-corrected chi connectivity index (χ0v) is 9.97. The quantitative estimate of drug-likeness (QED) is 0.639. The minimum absolute atomic E-state index is 0.356. The van der Waals surface area contributed by atoms with Crippen LogP contribution in [0.15, 0.2) is 41.2 Å². The van der Waals surface area contributed by atoms with Gasteiger partial charge in [0.1, 0.15) is 0 Å². The molecule has 0 saturated heterocycles. The number of ether oxygens (including phenoxy) is 1. The zero-order chi connectivity index (χ0) is 13.0. The molecule has 94 valence electrons. The van der Waals surface area contributed by atoms with Crippen molar-refractivity contribution in [3.05, 3.63) is 47.9 Å². The molecule has 3 N–H and O–H groups in total. The normalized spacial score (nSPS) is 10.1. The van der Waals surface area contributed by atoms with Crippen LogP contribution in [0.5, 0.6) is 0 Å². The molecule has 1 heterocycles. The van der Waals surface area contributed by atoms with Gasteiger partial charge in [0.05, 0.1) is 25.2 Å². The first-order chi connectivity index (χ1) is 8.70. The van der Waals surface area contributed by atoms with Gasteiger partial charge in [-0.1, -0.05) is 0 Å². The number of hydrogen-bond acceptors (Lipinski definition) is 5. The standard InChI is InChI=1S/C13H14N2O3/c1-17-13(16)11-6-10(2-3-12(11)14)15-7-9-4-5-18-8-9/h2-6,8,15H,7,14H2,1H3. The Hall–Kier alpha value is -2.43. The molecule has 1 aromatic heterocycles. The molecule has 1 aromatic carbocycles. The van der Waals surface area contributed by atoms with E-state index in [2.05, 4.69) is 10.1 Å². The Labute approximate surface area is 105 Å². The number of hydrogen-bond donors (Lipinski definition) is 2. The third-order valence-corrected chi connectivity index (χ3v) is 2.54. The Bertz CT molecular complexity index is 535. The van der Waals surface area contributed by atoms with E-state index < -0.39 is 5.97 Å². The second kappa shape index (κ2) is 5.27. The molecular formula is C13H14N2O3. The first kappa shape index (κ1) is 12.0. The molecule has 0 spiro atoms. The van der Waals surface area contributed by atoms with E-state index in [1.54, 1.807) is 24.7 Å². The first-order valence-electron chi connectivity index (χ1n) is 5.43. The van der Waals surface area contributed by atoms with Gasteiger partial charge in [0.2, 0.25) is 0 Å². The maximum atomic E-state index is 11.5. The van der Waals surface area contributed by atoms with Gasteiger partial charge in [0.15, 0.2) is 0 Å². The van der Waals surface area contributed by atoms with E-state index in [-0.39, 0.29) is 0 Å². The number of methoxy groups -OCH3 is 1. The number of esters is 1. The number of nitrogens with two attached hydrogens (primary N) is 1.